The molecule has 1 heterocycles. The summed E-state index contributed by atoms with van der Waals surface area (Å²) < 4.78 is 5.29. The number of hydrogen-bond acceptors (Lipinski definition) is 3. The molecule has 3 rings (SSSR count). The molecule has 122 valence electrons. The number of aromatic nitrogens is 2. The van der Waals surface area contributed by atoms with Gasteiger partial charge in [-0.2, -0.15) is 0 Å². The van der Waals surface area contributed by atoms with Crippen molar-refractivity contribution in [3.8, 4) is 5.75 Å². The van der Waals surface area contributed by atoms with Crippen molar-refractivity contribution in [3.63, 3.8) is 0 Å². The third-order valence-corrected chi connectivity index (χ3v) is 4.44. The van der Waals surface area contributed by atoms with Crippen molar-refractivity contribution in [2.24, 2.45) is 0 Å². The number of halogens is 2. The fourth-order valence-corrected chi connectivity index (χ4v) is 2.74. The Bertz CT molecular complexity index is 1010. The lowest BCUT2D eigenvalue weighted by Crippen LogP contribution is -2.10. The fraction of sp³-hybridized carbons (Fsp3) is 0.111. The summed E-state index contributed by atoms with van der Waals surface area (Å²) in [6.45, 7) is 1.88. The Morgan fingerprint density at radius 3 is 2.62 bits per heavy atom. The van der Waals surface area contributed by atoms with E-state index < -0.39 is 0 Å². The molecule has 1 N–H and O–H groups in total. The first kappa shape index (κ1) is 16.6. The van der Waals surface area contributed by atoms with Gasteiger partial charge in [0, 0.05) is 5.56 Å². The van der Waals surface area contributed by atoms with Crippen LogP contribution in [0.1, 0.15) is 17.0 Å². The Kier molecular flexibility index (Phi) is 4.60. The molecule has 0 aliphatic heterocycles. The second-order valence-corrected chi connectivity index (χ2v) is 6.06. The minimum atomic E-state index is -0.195. The number of methoxy groups -OCH3 is 1. The highest BCUT2D eigenvalue weighted by atomic mass is 35.5. The molecule has 6 heteroatoms. The van der Waals surface area contributed by atoms with Gasteiger partial charge in [0.25, 0.3) is 5.56 Å². The molecular weight excluding hydrogens is 347 g/mol. The molecule has 0 amide bonds. The maximum Gasteiger partial charge on any atom is 0.259 e. The SMILES string of the molecule is COc1ccc2c(=O)[nH]c(/C=C/c3ccc(Cl)c(Cl)c3)nc2c1C. The Hall–Kier alpha value is -2.30. The molecule has 4 nitrogen and oxygen atoms in total. The number of H-pyrrole nitrogens is 1. The number of nitrogens with zero attached hydrogens (tertiary/aromatic N) is 1. The van der Waals surface area contributed by atoms with Crippen LogP contribution in [-0.2, 0) is 0 Å². The highest BCUT2D eigenvalue weighted by Gasteiger charge is 2.09. The third kappa shape index (κ3) is 3.16. The van der Waals surface area contributed by atoms with E-state index in [-0.39, 0.29) is 5.56 Å². The maximum absolute atomic E-state index is 12.3. The number of rotatable bonds is 3. The van der Waals surface area contributed by atoms with Crippen molar-refractivity contribution in [2.75, 3.05) is 7.11 Å². The van der Waals surface area contributed by atoms with E-state index in [9.17, 15) is 4.79 Å². The van der Waals surface area contributed by atoms with Crippen LogP contribution in [0.3, 0.4) is 0 Å². The Morgan fingerprint density at radius 1 is 1.12 bits per heavy atom. The number of nitrogens with one attached hydrogen (secondary N) is 1. The van der Waals surface area contributed by atoms with E-state index in [2.05, 4.69) is 9.97 Å². The topological polar surface area (TPSA) is 55.0 Å². The van der Waals surface area contributed by atoms with Crippen LogP contribution >= 0.6 is 23.2 Å². The molecule has 1 aromatic heterocycles. The summed E-state index contributed by atoms with van der Waals surface area (Å²) in [7, 11) is 1.59. The molecule has 0 spiro atoms. The van der Waals surface area contributed by atoms with Gasteiger partial charge in [0.2, 0.25) is 0 Å². The van der Waals surface area contributed by atoms with E-state index in [0.717, 1.165) is 11.1 Å². The zero-order valence-corrected chi connectivity index (χ0v) is 14.6. The van der Waals surface area contributed by atoms with Crippen LogP contribution in [0.2, 0.25) is 10.0 Å². The summed E-state index contributed by atoms with van der Waals surface area (Å²) >= 11 is 11.9. The van der Waals surface area contributed by atoms with Crippen molar-refractivity contribution in [1.29, 1.82) is 0 Å². The zero-order valence-electron chi connectivity index (χ0n) is 13.1. The van der Waals surface area contributed by atoms with Gasteiger partial charge in [0.05, 0.1) is 28.1 Å². The molecule has 0 aliphatic rings. The minimum absolute atomic E-state index is 0.195. The van der Waals surface area contributed by atoms with Crippen LogP contribution in [-0.4, -0.2) is 17.1 Å². The lowest BCUT2D eigenvalue weighted by atomic mass is 10.1. The standard InChI is InChI=1S/C18H14Cl2N2O2/c1-10-15(24-2)7-5-12-17(10)21-16(22-18(12)23)8-4-11-3-6-13(19)14(20)9-11/h3-9H,1-2H3,(H,21,22,23)/b8-4+. The Balaban J connectivity index is 2.06. The molecule has 0 fully saturated rings. The van der Waals surface area contributed by atoms with Crippen LogP contribution < -0.4 is 10.3 Å². The summed E-state index contributed by atoms with van der Waals surface area (Å²) in [6, 6.07) is 8.76. The van der Waals surface area contributed by atoms with Gasteiger partial charge in [-0.1, -0.05) is 35.3 Å². The number of benzene rings is 2. The smallest absolute Gasteiger partial charge is 0.259 e. The maximum atomic E-state index is 12.3. The van der Waals surface area contributed by atoms with Gasteiger partial charge in [-0.15, -0.1) is 0 Å². The van der Waals surface area contributed by atoms with Gasteiger partial charge in [-0.25, -0.2) is 4.98 Å². The highest BCUT2D eigenvalue weighted by Crippen LogP contribution is 2.25. The van der Waals surface area contributed by atoms with E-state index in [1.54, 1.807) is 37.5 Å². The lowest BCUT2D eigenvalue weighted by molar-refractivity contribution is 0.412. The summed E-state index contributed by atoms with van der Waals surface area (Å²) in [4.78, 5) is 19.5. The van der Waals surface area contributed by atoms with Crippen LogP contribution in [0.15, 0.2) is 35.1 Å². The molecular formula is C18H14Cl2N2O2. The van der Waals surface area contributed by atoms with E-state index in [1.165, 1.54) is 0 Å². The monoisotopic (exact) mass is 360 g/mol. The first-order chi connectivity index (χ1) is 11.5. The van der Waals surface area contributed by atoms with Crippen LogP contribution in [0.25, 0.3) is 23.1 Å². The molecule has 0 radical (unpaired) electrons. The van der Waals surface area contributed by atoms with Gasteiger partial charge in [-0.05, 0) is 42.8 Å². The quantitative estimate of drug-likeness (QED) is 0.735. The molecule has 2 aromatic carbocycles. The predicted octanol–water partition coefficient (Wildman–Crippen LogP) is 4.72. The summed E-state index contributed by atoms with van der Waals surface area (Å²) in [6.07, 6.45) is 3.53. The van der Waals surface area contributed by atoms with E-state index in [4.69, 9.17) is 27.9 Å². The summed E-state index contributed by atoms with van der Waals surface area (Å²) in [5, 5.41) is 1.49. The van der Waals surface area contributed by atoms with E-state index in [0.29, 0.717) is 32.5 Å². The van der Waals surface area contributed by atoms with Crippen molar-refractivity contribution < 1.29 is 4.74 Å². The summed E-state index contributed by atoms with van der Waals surface area (Å²) in [5.41, 5.74) is 2.10. The van der Waals surface area contributed by atoms with Crippen LogP contribution in [0.4, 0.5) is 0 Å². The number of fused-ring (bicyclic) bond motifs is 1. The third-order valence-electron chi connectivity index (χ3n) is 3.70. The van der Waals surface area contributed by atoms with Crippen molar-refractivity contribution in [2.45, 2.75) is 6.92 Å². The van der Waals surface area contributed by atoms with E-state index in [1.807, 2.05) is 19.1 Å². The van der Waals surface area contributed by atoms with Crippen LogP contribution in [0, 0.1) is 6.92 Å². The predicted molar refractivity (Wildman–Crippen MR) is 99.0 cm³/mol. The molecule has 0 saturated heterocycles. The zero-order chi connectivity index (χ0) is 17.3. The van der Waals surface area contributed by atoms with Crippen molar-refractivity contribution in [1.82, 2.24) is 9.97 Å². The van der Waals surface area contributed by atoms with Gasteiger partial charge in [-0.3, -0.25) is 4.79 Å². The molecule has 0 bridgehead atoms. The van der Waals surface area contributed by atoms with E-state index >= 15 is 0 Å². The molecule has 0 aliphatic carbocycles. The number of hydrogen-bond donors (Lipinski definition) is 1. The normalized spacial score (nSPS) is 11.3. The number of aryl methyl sites for hydroxylation is 1. The Labute approximate surface area is 148 Å². The second kappa shape index (κ2) is 6.67. The molecule has 0 saturated carbocycles. The van der Waals surface area contributed by atoms with Gasteiger partial charge in [0.15, 0.2) is 0 Å². The van der Waals surface area contributed by atoms with Crippen molar-refractivity contribution in [3.05, 3.63) is 67.7 Å². The van der Waals surface area contributed by atoms with Gasteiger partial charge < -0.3 is 9.72 Å². The van der Waals surface area contributed by atoms with Gasteiger partial charge in [0.1, 0.15) is 11.6 Å². The average Bonchev–Trinajstić information content (AvgIpc) is 2.57. The molecule has 24 heavy (non-hydrogen) atoms. The Morgan fingerprint density at radius 2 is 1.92 bits per heavy atom. The summed E-state index contributed by atoms with van der Waals surface area (Å²) in [5.74, 6) is 1.15. The molecule has 0 unspecified atom stereocenters. The molecule has 0 atom stereocenters. The number of ether oxygens (including phenoxy) is 1. The van der Waals surface area contributed by atoms with Crippen molar-refractivity contribution >= 4 is 46.3 Å². The van der Waals surface area contributed by atoms with Gasteiger partial charge >= 0.3 is 0 Å². The first-order valence-corrected chi connectivity index (χ1v) is 7.96. The van der Waals surface area contributed by atoms with Crippen LogP contribution in [0.5, 0.6) is 5.75 Å². The largest absolute Gasteiger partial charge is 0.496 e. The average molecular weight is 361 g/mol. The highest BCUT2D eigenvalue weighted by molar-refractivity contribution is 6.42. The fourth-order valence-electron chi connectivity index (χ4n) is 2.43. The first-order valence-electron chi connectivity index (χ1n) is 7.20. The lowest BCUT2D eigenvalue weighted by Gasteiger charge is -2.07. The molecule has 3 aromatic rings. The number of aromatic amines is 1. The minimum Gasteiger partial charge on any atom is -0.496 e. The second-order valence-electron chi connectivity index (χ2n) is 5.25.